The van der Waals surface area contributed by atoms with Gasteiger partial charge in [0.15, 0.2) is 0 Å². The van der Waals surface area contributed by atoms with Crippen LogP contribution in [0.4, 0.5) is 4.39 Å². The monoisotopic (exact) mass is 570 g/mol. The molecule has 1 unspecified atom stereocenters. The number of hydrogen-bond donors (Lipinski definition) is 1. The van der Waals surface area contributed by atoms with Gasteiger partial charge in [-0.15, -0.1) is 11.8 Å². The van der Waals surface area contributed by atoms with Crippen LogP contribution in [0.15, 0.2) is 83.3 Å². The second-order valence-corrected chi connectivity index (χ2v) is 10.5. The van der Waals surface area contributed by atoms with Gasteiger partial charge in [0.05, 0.1) is 5.75 Å². The molecule has 0 aromatic heterocycles. The van der Waals surface area contributed by atoms with Crippen molar-refractivity contribution in [1.82, 2.24) is 10.2 Å². The molecule has 3 rings (SSSR count). The van der Waals surface area contributed by atoms with Crippen molar-refractivity contribution in [2.45, 2.75) is 44.5 Å². The number of thioether (sulfide) groups is 1. The molecule has 190 valence electrons. The van der Waals surface area contributed by atoms with E-state index in [0.29, 0.717) is 30.8 Å². The molecular formula is C29H32BrFN2O2S. The van der Waals surface area contributed by atoms with Gasteiger partial charge in [0.25, 0.3) is 0 Å². The van der Waals surface area contributed by atoms with E-state index < -0.39 is 6.04 Å². The number of carbonyl (C=O) groups excluding carboxylic acids is 2. The molecule has 0 fully saturated rings. The third-order valence-corrected chi connectivity index (χ3v) is 7.24. The van der Waals surface area contributed by atoms with Gasteiger partial charge in [-0.05, 0) is 41.3 Å². The number of carbonyl (C=O) groups is 2. The highest BCUT2D eigenvalue weighted by Gasteiger charge is 2.30. The molecule has 7 heteroatoms. The van der Waals surface area contributed by atoms with Crippen LogP contribution in [0, 0.1) is 5.82 Å². The number of unbranched alkanes of at least 4 members (excludes halogenated alkanes) is 1. The van der Waals surface area contributed by atoms with Gasteiger partial charge in [0, 0.05) is 29.7 Å². The van der Waals surface area contributed by atoms with Crippen LogP contribution in [-0.4, -0.2) is 35.1 Å². The fourth-order valence-corrected chi connectivity index (χ4v) is 5.18. The highest BCUT2D eigenvalue weighted by atomic mass is 79.9. The summed E-state index contributed by atoms with van der Waals surface area (Å²) in [5, 5.41) is 3.03. The maximum Gasteiger partial charge on any atom is 0.243 e. The summed E-state index contributed by atoms with van der Waals surface area (Å²) in [6.45, 7) is 2.95. The molecular weight excluding hydrogens is 539 g/mol. The number of amides is 2. The minimum atomic E-state index is -0.662. The summed E-state index contributed by atoms with van der Waals surface area (Å²) in [6.07, 6.45) is 2.26. The molecule has 3 aromatic rings. The first kappa shape index (κ1) is 27.9. The van der Waals surface area contributed by atoms with Crippen molar-refractivity contribution < 1.29 is 14.0 Å². The molecule has 0 aliphatic carbocycles. The highest BCUT2D eigenvalue weighted by Crippen LogP contribution is 2.21. The van der Waals surface area contributed by atoms with Crippen molar-refractivity contribution in [2.24, 2.45) is 0 Å². The molecule has 0 saturated carbocycles. The van der Waals surface area contributed by atoms with Crippen LogP contribution < -0.4 is 5.32 Å². The van der Waals surface area contributed by atoms with E-state index in [9.17, 15) is 14.0 Å². The molecule has 0 bridgehead atoms. The summed E-state index contributed by atoms with van der Waals surface area (Å²) in [5.41, 5.74) is 2.47. The lowest BCUT2D eigenvalue weighted by Crippen LogP contribution is -2.51. The molecule has 3 aromatic carbocycles. The van der Waals surface area contributed by atoms with Crippen LogP contribution >= 0.6 is 27.7 Å². The standard InChI is InChI=1S/C29H32BrFN2O2S/c1-2-3-16-32-29(35)27(18-22-10-5-4-6-11-22)33(19-23-12-9-14-25(30)17-23)28(34)21-36-20-24-13-7-8-15-26(24)31/h4-15,17,27H,2-3,16,18-21H2,1H3,(H,32,35). The van der Waals surface area contributed by atoms with Crippen molar-refractivity contribution in [3.63, 3.8) is 0 Å². The Morgan fingerprint density at radius 3 is 2.44 bits per heavy atom. The zero-order chi connectivity index (χ0) is 25.8. The number of nitrogens with zero attached hydrogens (tertiary/aromatic N) is 1. The van der Waals surface area contributed by atoms with Gasteiger partial charge in [-0.25, -0.2) is 4.39 Å². The van der Waals surface area contributed by atoms with E-state index in [4.69, 9.17) is 0 Å². The summed E-state index contributed by atoms with van der Waals surface area (Å²) < 4.78 is 15.0. The van der Waals surface area contributed by atoms with E-state index in [2.05, 4.69) is 28.2 Å². The van der Waals surface area contributed by atoms with Gasteiger partial charge in [0.1, 0.15) is 11.9 Å². The lowest BCUT2D eigenvalue weighted by Gasteiger charge is -2.31. The van der Waals surface area contributed by atoms with Gasteiger partial charge < -0.3 is 10.2 Å². The van der Waals surface area contributed by atoms with E-state index >= 15 is 0 Å². The van der Waals surface area contributed by atoms with Crippen LogP contribution in [0.1, 0.15) is 36.5 Å². The Kier molecular flexibility index (Phi) is 11.5. The zero-order valence-electron chi connectivity index (χ0n) is 20.5. The van der Waals surface area contributed by atoms with Crippen LogP contribution in [-0.2, 0) is 28.3 Å². The molecule has 0 aliphatic heterocycles. The third kappa shape index (κ3) is 8.79. The molecule has 36 heavy (non-hydrogen) atoms. The van der Waals surface area contributed by atoms with Crippen LogP contribution in [0.3, 0.4) is 0 Å². The van der Waals surface area contributed by atoms with Crippen molar-refractivity contribution >= 4 is 39.5 Å². The largest absolute Gasteiger partial charge is 0.354 e. The SMILES string of the molecule is CCCCNC(=O)C(Cc1ccccc1)N(Cc1cccc(Br)c1)C(=O)CSCc1ccccc1F. The van der Waals surface area contributed by atoms with Crippen LogP contribution in [0.5, 0.6) is 0 Å². The normalized spacial score (nSPS) is 11.6. The van der Waals surface area contributed by atoms with Crippen molar-refractivity contribution in [2.75, 3.05) is 12.3 Å². The van der Waals surface area contributed by atoms with E-state index in [1.165, 1.54) is 17.8 Å². The van der Waals surface area contributed by atoms with Crippen molar-refractivity contribution in [1.29, 1.82) is 0 Å². The molecule has 0 saturated heterocycles. The minimum absolute atomic E-state index is 0.149. The molecule has 4 nitrogen and oxygen atoms in total. The lowest BCUT2D eigenvalue weighted by molar-refractivity contribution is -0.139. The molecule has 0 heterocycles. The fourth-order valence-electron chi connectivity index (χ4n) is 3.84. The molecule has 1 atom stereocenters. The number of rotatable bonds is 13. The minimum Gasteiger partial charge on any atom is -0.354 e. The Labute approximate surface area is 225 Å². The average molecular weight is 572 g/mol. The van der Waals surface area contributed by atoms with Crippen LogP contribution in [0.2, 0.25) is 0 Å². The van der Waals surface area contributed by atoms with E-state index in [0.717, 1.165) is 28.4 Å². The quantitative estimate of drug-likeness (QED) is 0.243. The lowest BCUT2D eigenvalue weighted by atomic mass is 10.0. The van der Waals surface area contributed by atoms with E-state index in [-0.39, 0.29) is 23.4 Å². The first-order valence-corrected chi connectivity index (χ1v) is 14.1. The summed E-state index contributed by atoms with van der Waals surface area (Å²) in [4.78, 5) is 28.7. The predicted molar refractivity (Wildman–Crippen MR) is 149 cm³/mol. The van der Waals surface area contributed by atoms with Gasteiger partial charge in [0.2, 0.25) is 11.8 Å². The number of halogens is 2. The van der Waals surface area contributed by atoms with Gasteiger partial charge in [-0.2, -0.15) is 0 Å². The van der Waals surface area contributed by atoms with Crippen molar-refractivity contribution in [3.05, 3.63) is 106 Å². The Bertz CT molecular complexity index is 1130. The summed E-state index contributed by atoms with van der Waals surface area (Å²) in [7, 11) is 0. The number of benzene rings is 3. The Balaban J connectivity index is 1.84. The second kappa shape index (κ2) is 14.8. The molecule has 0 aliphatic rings. The summed E-state index contributed by atoms with van der Waals surface area (Å²) in [5.74, 6) is -0.0521. The Morgan fingerprint density at radius 1 is 1.00 bits per heavy atom. The zero-order valence-corrected chi connectivity index (χ0v) is 22.9. The number of nitrogens with one attached hydrogen (secondary N) is 1. The highest BCUT2D eigenvalue weighted by molar-refractivity contribution is 9.10. The van der Waals surface area contributed by atoms with Gasteiger partial charge >= 0.3 is 0 Å². The van der Waals surface area contributed by atoms with Gasteiger partial charge in [-0.1, -0.05) is 89.9 Å². The van der Waals surface area contributed by atoms with E-state index in [1.54, 1.807) is 23.1 Å². The molecule has 0 spiro atoms. The number of hydrogen-bond acceptors (Lipinski definition) is 3. The Morgan fingerprint density at radius 2 is 1.72 bits per heavy atom. The van der Waals surface area contributed by atoms with Crippen molar-refractivity contribution in [3.8, 4) is 0 Å². The predicted octanol–water partition coefficient (Wildman–Crippen LogP) is 6.38. The smallest absolute Gasteiger partial charge is 0.243 e. The Hall–Kier alpha value is -2.64. The fraction of sp³-hybridized carbons (Fsp3) is 0.310. The summed E-state index contributed by atoms with van der Waals surface area (Å²) in [6, 6.07) is 23.4. The second-order valence-electron chi connectivity index (χ2n) is 8.59. The molecule has 1 N–H and O–H groups in total. The summed E-state index contributed by atoms with van der Waals surface area (Å²) >= 11 is 4.86. The topological polar surface area (TPSA) is 49.4 Å². The third-order valence-electron chi connectivity index (χ3n) is 5.78. The first-order valence-electron chi connectivity index (χ1n) is 12.1. The van der Waals surface area contributed by atoms with Crippen LogP contribution in [0.25, 0.3) is 0 Å². The maximum atomic E-state index is 14.1. The average Bonchev–Trinajstić information content (AvgIpc) is 2.88. The first-order chi connectivity index (χ1) is 17.5. The molecule has 0 radical (unpaired) electrons. The maximum absolute atomic E-state index is 14.1. The molecule has 2 amide bonds. The van der Waals surface area contributed by atoms with Gasteiger partial charge in [-0.3, -0.25) is 9.59 Å². The van der Waals surface area contributed by atoms with E-state index in [1.807, 2.05) is 54.6 Å².